The van der Waals surface area contributed by atoms with E-state index < -0.39 is 6.36 Å². The highest BCUT2D eigenvalue weighted by Crippen LogP contribution is 2.20. The first-order valence-corrected chi connectivity index (χ1v) is 3.96. The molecular weight excluding hydrogens is 211 g/mol. The zero-order valence-electron chi connectivity index (χ0n) is 7.32. The zero-order chi connectivity index (χ0) is 11.1. The molecular formula is C8H6F3N3O. The van der Waals surface area contributed by atoms with E-state index in [2.05, 4.69) is 9.82 Å². The maximum absolute atomic E-state index is 12.0. The Morgan fingerprint density at radius 2 is 1.93 bits per heavy atom. The van der Waals surface area contributed by atoms with Gasteiger partial charge in [-0.05, 0) is 12.1 Å². The molecule has 0 fully saturated rings. The summed E-state index contributed by atoms with van der Waals surface area (Å²) in [6.07, 6.45) is -4.79. The highest BCUT2D eigenvalue weighted by atomic mass is 19.4. The number of aromatic nitrogens is 2. The Balaban J connectivity index is 2.54. The minimum atomic E-state index is -4.79. The Morgan fingerprint density at radius 1 is 1.27 bits per heavy atom. The number of nitrogens with zero attached hydrogens (tertiary/aromatic N) is 2. The van der Waals surface area contributed by atoms with E-state index in [1.165, 1.54) is 6.07 Å². The van der Waals surface area contributed by atoms with E-state index in [0.717, 1.165) is 0 Å². The van der Waals surface area contributed by atoms with E-state index in [4.69, 9.17) is 5.73 Å². The number of nitrogen functional groups attached to an aromatic ring is 1. The van der Waals surface area contributed by atoms with Crippen LogP contribution in [0.1, 0.15) is 0 Å². The van der Waals surface area contributed by atoms with Gasteiger partial charge in [0.15, 0.2) is 0 Å². The number of para-hydroxylation sites is 2. The molecule has 0 unspecified atom stereocenters. The lowest BCUT2D eigenvalue weighted by Gasteiger charge is -2.10. The molecule has 2 rings (SSSR count). The first kappa shape index (κ1) is 9.63. The molecule has 0 radical (unpaired) electrons. The van der Waals surface area contributed by atoms with Gasteiger partial charge in [-0.2, -0.15) is 0 Å². The maximum Gasteiger partial charge on any atom is 0.591 e. The molecule has 4 nitrogen and oxygen atoms in total. The minimum absolute atomic E-state index is 0.173. The summed E-state index contributed by atoms with van der Waals surface area (Å²) in [5.41, 5.74) is 5.81. The zero-order valence-corrected chi connectivity index (χ0v) is 7.32. The van der Waals surface area contributed by atoms with Crippen molar-refractivity contribution in [2.24, 2.45) is 0 Å². The summed E-state index contributed by atoms with van der Waals surface area (Å²) in [5.74, 6) is -0.339. The second kappa shape index (κ2) is 3.04. The van der Waals surface area contributed by atoms with Crippen LogP contribution >= 0.6 is 0 Å². The fourth-order valence-electron chi connectivity index (χ4n) is 1.22. The van der Waals surface area contributed by atoms with Crippen LogP contribution in [0.2, 0.25) is 0 Å². The van der Waals surface area contributed by atoms with E-state index in [9.17, 15) is 13.2 Å². The highest BCUT2D eigenvalue weighted by molar-refractivity contribution is 5.77. The number of nitrogens with two attached hydrogens (primary N) is 1. The predicted octanol–water partition coefficient (Wildman–Crippen LogP) is 1.57. The molecule has 0 spiro atoms. The van der Waals surface area contributed by atoms with Crippen molar-refractivity contribution in [1.29, 1.82) is 0 Å². The standard InChI is InChI=1S/C8H6F3N3O/c9-8(10,11)15-14-6-4-2-1-3-5(6)13-7(14)12/h1-4H,(H2,12,13). The lowest BCUT2D eigenvalue weighted by atomic mass is 10.3. The molecule has 15 heavy (non-hydrogen) atoms. The molecule has 0 aliphatic heterocycles. The van der Waals surface area contributed by atoms with Crippen LogP contribution in [0.15, 0.2) is 24.3 Å². The Morgan fingerprint density at radius 3 is 2.60 bits per heavy atom. The van der Waals surface area contributed by atoms with E-state index in [-0.39, 0.29) is 11.5 Å². The number of anilines is 1. The summed E-state index contributed by atoms with van der Waals surface area (Å²) in [6, 6.07) is 6.19. The van der Waals surface area contributed by atoms with Gasteiger partial charge in [0.1, 0.15) is 5.52 Å². The maximum atomic E-state index is 12.0. The van der Waals surface area contributed by atoms with Crippen molar-refractivity contribution in [3.05, 3.63) is 24.3 Å². The molecule has 0 atom stereocenters. The molecule has 0 saturated heterocycles. The van der Waals surface area contributed by atoms with Gasteiger partial charge in [0.25, 0.3) is 0 Å². The second-order valence-corrected chi connectivity index (χ2v) is 2.79. The van der Waals surface area contributed by atoms with Crippen LogP contribution in [0.3, 0.4) is 0 Å². The summed E-state index contributed by atoms with van der Waals surface area (Å²) in [4.78, 5) is 7.43. The largest absolute Gasteiger partial charge is 0.591 e. The van der Waals surface area contributed by atoms with Crippen LogP contribution in [-0.4, -0.2) is 16.1 Å². The topological polar surface area (TPSA) is 53.1 Å². The average Bonchev–Trinajstić information content (AvgIpc) is 2.41. The van der Waals surface area contributed by atoms with Gasteiger partial charge in [0.2, 0.25) is 5.95 Å². The van der Waals surface area contributed by atoms with Crippen molar-refractivity contribution >= 4 is 17.0 Å². The SMILES string of the molecule is Nc1nc2ccccc2n1OC(F)(F)F. The first-order chi connectivity index (χ1) is 6.97. The molecule has 1 heterocycles. The van der Waals surface area contributed by atoms with Gasteiger partial charge in [0, 0.05) is 0 Å². The number of rotatable bonds is 1. The van der Waals surface area contributed by atoms with Crippen LogP contribution < -0.4 is 10.6 Å². The second-order valence-electron chi connectivity index (χ2n) is 2.79. The number of fused-ring (bicyclic) bond motifs is 1. The summed E-state index contributed by atoms with van der Waals surface area (Å²) in [7, 11) is 0. The summed E-state index contributed by atoms with van der Waals surface area (Å²) >= 11 is 0. The normalized spacial score (nSPS) is 11.9. The Bertz CT molecular complexity index is 491. The van der Waals surface area contributed by atoms with Crippen LogP contribution in [0.5, 0.6) is 0 Å². The lowest BCUT2D eigenvalue weighted by Crippen LogP contribution is -2.28. The smallest absolute Gasteiger partial charge is 0.367 e. The van der Waals surface area contributed by atoms with E-state index in [1.54, 1.807) is 18.2 Å². The van der Waals surface area contributed by atoms with Crippen molar-refractivity contribution in [2.45, 2.75) is 6.36 Å². The van der Waals surface area contributed by atoms with Gasteiger partial charge in [-0.3, -0.25) is 0 Å². The number of hydrogen-bond donors (Lipinski definition) is 1. The predicted molar refractivity (Wildman–Crippen MR) is 46.8 cm³/mol. The van der Waals surface area contributed by atoms with Crippen LogP contribution in [0, 0.1) is 0 Å². The third-order valence-corrected chi connectivity index (χ3v) is 1.74. The van der Waals surface area contributed by atoms with Crippen molar-refractivity contribution in [3.63, 3.8) is 0 Å². The van der Waals surface area contributed by atoms with Crippen molar-refractivity contribution in [1.82, 2.24) is 9.71 Å². The molecule has 0 amide bonds. The number of hydrogen-bond acceptors (Lipinski definition) is 3. The molecule has 0 aliphatic rings. The third-order valence-electron chi connectivity index (χ3n) is 1.74. The van der Waals surface area contributed by atoms with Crippen molar-refractivity contribution in [3.8, 4) is 0 Å². The first-order valence-electron chi connectivity index (χ1n) is 3.96. The molecule has 0 saturated carbocycles. The third kappa shape index (κ3) is 1.80. The molecule has 7 heteroatoms. The molecule has 0 aliphatic carbocycles. The number of benzene rings is 1. The Kier molecular flexibility index (Phi) is 1.95. The fraction of sp³-hybridized carbons (Fsp3) is 0.125. The highest BCUT2D eigenvalue weighted by Gasteiger charge is 2.33. The van der Waals surface area contributed by atoms with Gasteiger partial charge in [-0.15, -0.1) is 17.9 Å². The van der Waals surface area contributed by atoms with Gasteiger partial charge >= 0.3 is 6.36 Å². The molecule has 1 aromatic heterocycles. The van der Waals surface area contributed by atoms with Crippen molar-refractivity contribution < 1.29 is 18.0 Å². The van der Waals surface area contributed by atoms with Gasteiger partial charge in [0.05, 0.1) is 5.52 Å². The number of alkyl halides is 3. The molecule has 0 bridgehead atoms. The van der Waals surface area contributed by atoms with E-state index in [1.807, 2.05) is 0 Å². The monoisotopic (exact) mass is 217 g/mol. The van der Waals surface area contributed by atoms with Crippen LogP contribution in [0.4, 0.5) is 19.1 Å². The van der Waals surface area contributed by atoms with E-state index in [0.29, 0.717) is 10.2 Å². The van der Waals surface area contributed by atoms with Gasteiger partial charge in [-0.1, -0.05) is 12.1 Å². The van der Waals surface area contributed by atoms with Crippen molar-refractivity contribution in [2.75, 3.05) is 5.73 Å². The fourth-order valence-corrected chi connectivity index (χ4v) is 1.22. The van der Waals surface area contributed by atoms with Crippen LogP contribution in [-0.2, 0) is 0 Å². The molecule has 1 aromatic carbocycles. The van der Waals surface area contributed by atoms with E-state index >= 15 is 0 Å². The van der Waals surface area contributed by atoms with Gasteiger partial charge < -0.3 is 10.6 Å². The molecule has 2 N–H and O–H groups in total. The summed E-state index contributed by atoms with van der Waals surface area (Å²) < 4.78 is 36.5. The summed E-state index contributed by atoms with van der Waals surface area (Å²) in [5, 5.41) is 0. The molecule has 80 valence electrons. The number of imidazole rings is 1. The quantitative estimate of drug-likeness (QED) is 0.788. The van der Waals surface area contributed by atoms with Crippen LogP contribution in [0.25, 0.3) is 11.0 Å². The summed E-state index contributed by atoms with van der Waals surface area (Å²) in [6.45, 7) is 0. The number of halogens is 3. The lowest BCUT2D eigenvalue weighted by molar-refractivity contribution is -0.320. The Hall–Kier alpha value is -1.92. The average molecular weight is 217 g/mol. The molecule has 2 aromatic rings. The Labute approximate surface area is 82.0 Å². The van der Waals surface area contributed by atoms with Gasteiger partial charge in [-0.25, -0.2) is 4.98 Å². The minimum Gasteiger partial charge on any atom is -0.367 e.